The van der Waals surface area contributed by atoms with Crippen LogP contribution in [-0.4, -0.2) is 69.0 Å². The van der Waals surface area contributed by atoms with Crippen LogP contribution >= 0.6 is 0 Å². The Hall–Kier alpha value is -0.210. The van der Waals surface area contributed by atoms with Crippen molar-refractivity contribution in [3.8, 4) is 0 Å². The summed E-state index contributed by atoms with van der Waals surface area (Å²) in [7, 11) is -3.31. The summed E-state index contributed by atoms with van der Waals surface area (Å²) in [5.41, 5.74) is 0. The van der Waals surface area contributed by atoms with Gasteiger partial charge in [-0.1, -0.05) is 20.3 Å². The lowest BCUT2D eigenvalue weighted by Crippen LogP contribution is -2.55. The van der Waals surface area contributed by atoms with Gasteiger partial charge in [0.2, 0.25) is 0 Å². The second kappa shape index (κ2) is 7.87. The molecule has 2 unspecified atom stereocenters. The molecule has 0 aliphatic carbocycles. The molecule has 0 spiro atoms. The van der Waals surface area contributed by atoms with E-state index >= 15 is 0 Å². The summed E-state index contributed by atoms with van der Waals surface area (Å²) in [6, 6.07) is 0.450. The summed E-state index contributed by atoms with van der Waals surface area (Å²) in [5, 5.41) is 3.57. The Morgan fingerprint density at radius 1 is 1.14 bits per heavy atom. The van der Waals surface area contributed by atoms with Crippen molar-refractivity contribution in [3.05, 3.63) is 0 Å². The Bertz CT molecular complexity index is 410. The Morgan fingerprint density at radius 3 is 2.48 bits per heavy atom. The summed E-state index contributed by atoms with van der Waals surface area (Å²) in [5.74, 6) is 0.404. The van der Waals surface area contributed by atoms with E-state index in [9.17, 15) is 8.42 Å². The SMILES string of the molecule is CCCNC1CCN(S(=O)(=O)N2CCOCC2)CC1CC. The fourth-order valence-corrected chi connectivity index (χ4v) is 4.81. The van der Waals surface area contributed by atoms with Crippen molar-refractivity contribution in [1.82, 2.24) is 13.9 Å². The molecule has 6 nitrogen and oxygen atoms in total. The molecule has 124 valence electrons. The van der Waals surface area contributed by atoms with Crippen LogP contribution in [0.1, 0.15) is 33.1 Å². The first-order valence-electron chi connectivity index (χ1n) is 8.16. The highest BCUT2D eigenvalue weighted by Crippen LogP contribution is 2.24. The zero-order chi connectivity index (χ0) is 15.3. The van der Waals surface area contributed by atoms with Gasteiger partial charge in [0.15, 0.2) is 0 Å². The summed E-state index contributed by atoms with van der Waals surface area (Å²) in [4.78, 5) is 0. The average Bonchev–Trinajstić information content (AvgIpc) is 2.53. The second-order valence-electron chi connectivity index (χ2n) is 5.89. The van der Waals surface area contributed by atoms with Gasteiger partial charge in [0.05, 0.1) is 13.2 Å². The summed E-state index contributed by atoms with van der Waals surface area (Å²) >= 11 is 0. The second-order valence-corrected chi connectivity index (χ2v) is 7.82. The molecule has 2 atom stereocenters. The molecule has 1 N–H and O–H groups in total. The Balaban J connectivity index is 1.98. The maximum absolute atomic E-state index is 12.7. The molecule has 0 radical (unpaired) electrons. The van der Waals surface area contributed by atoms with Gasteiger partial charge in [0.1, 0.15) is 0 Å². The quantitative estimate of drug-likeness (QED) is 0.781. The standard InChI is InChI=1S/C14H29N3O3S/c1-3-6-15-14-5-7-17(12-13(14)4-2)21(18,19)16-8-10-20-11-9-16/h13-15H,3-12H2,1-2H3. The molecule has 2 heterocycles. The minimum atomic E-state index is -3.31. The fourth-order valence-electron chi connectivity index (χ4n) is 3.16. The number of nitrogens with one attached hydrogen (secondary N) is 1. The van der Waals surface area contributed by atoms with Crippen LogP contribution in [0.25, 0.3) is 0 Å². The number of piperidine rings is 1. The van der Waals surface area contributed by atoms with E-state index < -0.39 is 10.2 Å². The predicted molar refractivity (Wildman–Crippen MR) is 83.4 cm³/mol. The molecular weight excluding hydrogens is 290 g/mol. The molecule has 0 aromatic heterocycles. The van der Waals surface area contributed by atoms with Gasteiger partial charge in [-0.05, 0) is 25.3 Å². The van der Waals surface area contributed by atoms with Crippen molar-refractivity contribution >= 4 is 10.2 Å². The van der Waals surface area contributed by atoms with E-state index in [0.717, 1.165) is 25.8 Å². The van der Waals surface area contributed by atoms with Crippen LogP contribution in [0.3, 0.4) is 0 Å². The largest absolute Gasteiger partial charge is 0.379 e. The molecule has 2 aliphatic heterocycles. The zero-order valence-corrected chi connectivity index (χ0v) is 14.1. The van der Waals surface area contributed by atoms with Crippen LogP contribution in [0.2, 0.25) is 0 Å². The topological polar surface area (TPSA) is 61.9 Å². The third-order valence-corrected chi connectivity index (χ3v) is 6.50. The van der Waals surface area contributed by atoms with Gasteiger partial charge in [-0.2, -0.15) is 17.0 Å². The van der Waals surface area contributed by atoms with E-state index in [4.69, 9.17) is 4.74 Å². The minimum Gasteiger partial charge on any atom is -0.379 e. The third-order valence-electron chi connectivity index (χ3n) is 4.50. The monoisotopic (exact) mass is 319 g/mol. The molecule has 0 bridgehead atoms. The van der Waals surface area contributed by atoms with Gasteiger partial charge in [-0.3, -0.25) is 0 Å². The van der Waals surface area contributed by atoms with Crippen molar-refractivity contribution in [2.75, 3.05) is 45.9 Å². The highest BCUT2D eigenvalue weighted by Gasteiger charge is 2.37. The molecule has 2 fully saturated rings. The molecule has 2 aliphatic rings. The van der Waals surface area contributed by atoms with Crippen LogP contribution in [0.5, 0.6) is 0 Å². The van der Waals surface area contributed by atoms with Crippen molar-refractivity contribution < 1.29 is 13.2 Å². The molecule has 0 amide bonds. The van der Waals surface area contributed by atoms with E-state index in [2.05, 4.69) is 19.2 Å². The van der Waals surface area contributed by atoms with E-state index in [-0.39, 0.29) is 0 Å². The molecule has 7 heteroatoms. The van der Waals surface area contributed by atoms with Crippen LogP contribution < -0.4 is 5.32 Å². The van der Waals surface area contributed by atoms with Gasteiger partial charge in [-0.15, -0.1) is 0 Å². The predicted octanol–water partition coefficient (Wildman–Crippen LogP) is 0.664. The van der Waals surface area contributed by atoms with E-state index in [1.54, 1.807) is 8.61 Å². The minimum absolute atomic E-state index is 0.404. The van der Waals surface area contributed by atoms with Crippen molar-refractivity contribution in [3.63, 3.8) is 0 Å². The normalized spacial score (nSPS) is 29.6. The van der Waals surface area contributed by atoms with E-state index in [1.165, 1.54) is 0 Å². The molecule has 21 heavy (non-hydrogen) atoms. The van der Waals surface area contributed by atoms with Crippen LogP contribution in [0.4, 0.5) is 0 Å². The summed E-state index contributed by atoms with van der Waals surface area (Å²) < 4.78 is 33.9. The van der Waals surface area contributed by atoms with Gasteiger partial charge in [0.25, 0.3) is 10.2 Å². The van der Waals surface area contributed by atoms with Gasteiger partial charge in [0, 0.05) is 32.2 Å². The van der Waals surface area contributed by atoms with Crippen LogP contribution in [-0.2, 0) is 14.9 Å². The van der Waals surface area contributed by atoms with Crippen LogP contribution in [0, 0.1) is 5.92 Å². The highest BCUT2D eigenvalue weighted by atomic mass is 32.2. The molecule has 2 saturated heterocycles. The number of hydrogen-bond donors (Lipinski definition) is 1. The number of hydrogen-bond acceptors (Lipinski definition) is 4. The number of nitrogens with zero attached hydrogens (tertiary/aromatic N) is 2. The first kappa shape index (κ1) is 17.1. The number of morpholine rings is 1. The van der Waals surface area contributed by atoms with Gasteiger partial charge in [-0.25, -0.2) is 0 Å². The molecule has 2 rings (SSSR count). The number of rotatable bonds is 6. The van der Waals surface area contributed by atoms with Crippen LogP contribution in [0.15, 0.2) is 0 Å². The summed E-state index contributed by atoms with van der Waals surface area (Å²) in [6.07, 6.45) is 3.03. The lowest BCUT2D eigenvalue weighted by molar-refractivity contribution is 0.0684. The summed E-state index contributed by atoms with van der Waals surface area (Å²) in [6.45, 7) is 8.55. The van der Waals surface area contributed by atoms with E-state index in [0.29, 0.717) is 51.4 Å². The van der Waals surface area contributed by atoms with E-state index in [1.807, 2.05) is 0 Å². The Morgan fingerprint density at radius 2 is 1.86 bits per heavy atom. The maximum atomic E-state index is 12.7. The zero-order valence-electron chi connectivity index (χ0n) is 13.3. The molecule has 0 aromatic rings. The first-order chi connectivity index (χ1) is 10.1. The number of ether oxygens (including phenoxy) is 1. The molecular formula is C14H29N3O3S. The van der Waals surface area contributed by atoms with Gasteiger partial charge < -0.3 is 10.1 Å². The molecule has 0 aromatic carbocycles. The lowest BCUT2D eigenvalue weighted by atomic mass is 9.91. The third kappa shape index (κ3) is 4.16. The average molecular weight is 319 g/mol. The smallest absolute Gasteiger partial charge is 0.282 e. The molecule has 0 saturated carbocycles. The fraction of sp³-hybridized carbons (Fsp3) is 1.00. The van der Waals surface area contributed by atoms with Gasteiger partial charge >= 0.3 is 0 Å². The Labute approximate surface area is 129 Å². The maximum Gasteiger partial charge on any atom is 0.282 e. The van der Waals surface area contributed by atoms with Crippen molar-refractivity contribution in [2.45, 2.75) is 39.2 Å². The Kier molecular flexibility index (Phi) is 6.43. The first-order valence-corrected chi connectivity index (χ1v) is 9.55. The van der Waals surface area contributed by atoms with Crippen molar-refractivity contribution in [1.29, 1.82) is 0 Å². The van der Waals surface area contributed by atoms with Crippen molar-refractivity contribution in [2.24, 2.45) is 5.92 Å². The lowest BCUT2D eigenvalue weighted by Gasteiger charge is -2.40. The highest BCUT2D eigenvalue weighted by molar-refractivity contribution is 7.86.